The lowest BCUT2D eigenvalue weighted by Gasteiger charge is -2.40. The minimum Gasteiger partial charge on any atom is -0.342 e. The normalized spacial score (nSPS) is 30.6. The van der Waals surface area contributed by atoms with Gasteiger partial charge in [0, 0.05) is 32.1 Å². The smallest absolute Gasteiger partial charge is 0.227 e. The van der Waals surface area contributed by atoms with E-state index in [9.17, 15) is 9.59 Å². The molecule has 3 atom stereocenters. The summed E-state index contributed by atoms with van der Waals surface area (Å²) >= 11 is 0. The maximum absolute atomic E-state index is 12.8. The number of nitrogens with zero attached hydrogens (tertiary/aromatic N) is 2. The van der Waals surface area contributed by atoms with Gasteiger partial charge < -0.3 is 9.80 Å². The molecule has 0 bridgehead atoms. The molecule has 2 aliphatic heterocycles. The second-order valence-electron chi connectivity index (χ2n) is 7.47. The van der Waals surface area contributed by atoms with Gasteiger partial charge in [0.2, 0.25) is 11.8 Å². The average Bonchev–Trinajstić information content (AvgIpc) is 2.44. The van der Waals surface area contributed by atoms with E-state index < -0.39 is 0 Å². The molecule has 2 amide bonds. The van der Waals surface area contributed by atoms with E-state index in [1.54, 1.807) is 0 Å². The van der Waals surface area contributed by atoms with Gasteiger partial charge in [0.15, 0.2) is 0 Å². The summed E-state index contributed by atoms with van der Waals surface area (Å²) < 4.78 is 0. The van der Waals surface area contributed by atoms with Gasteiger partial charge in [-0.2, -0.15) is 0 Å². The zero-order chi connectivity index (χ0) is 15.6. The van der Waals surface area contributed by atoms with Crippen LogP contribution in [-0.4, -0.2) is 47.8 Å². The first-order valence-electron chi connectivity index (χ1n) is 8.46. The first-order valence-corrected chi connectivity index (χ1v) is 8.46. The molecule has 0 saturated carbocycles. The molecule has 0 aromatic carbocycles. The summed E-state index contributed by atoms with van der Waals surface area (Å²) in [5.74, 6) is 1.68. The fraction of sp³-hybridized carbons (Fsp3) is 0.882. The lowest BCUT2D eigenvalue weighted by Crippen LogP contribution is -2.50. The average molecular weight is 294 g/mol. The lowest BCUT2D eigenvalue weighted by atomic mass is 9.89. The van der Waals surface area contributed by atoms with Gasteiger partial charge >= 0.3 is 0 Å². The van der Waals surface area contributed by atoms with Crippen molar-refractivity contribution in [2.75, 3.05) is 26.2 Å². The quantitative estimate of drug-likeness (QED) is 0.784. The standard InChI is InChI=1S/C17H30N2O2/c1-12(2)16(20)18-7-5-6-15(11-18)17(21)19-9-13(3)8-14(4)10-19/h12-15H,5-11H2,1-4H3/t13-,14-,15+/m1/s1. The van der Waals surface area contributed by atoms with E-state index in [0.717, 1.165) is 32.5 Å². The van der Waals surface area contributed by atoms with Gasteiger partial charge in [-0.15, -0.1) is 0 Å². The number of amides is 2. The van der Waals surface area contributed by atoms with Crippen LogP contribution in [-0.2, 0) is 9.59 Å². The molecule has 0 N–H and O–H groups in total. The Balaban J connectivity index is 1.97. The summed E-state index contributed by atoms with van der Waals surface area (Å²) in [6.07, 6.45) is 3.10. The summed E-state index contributed by atoms with van der Waals surface area (Å²) in [6.45, 7) is 11.5. The van der Waals surface area contributed by atoms with Gasteiger partial charge in [-0.1, -0.05) is 27.7 Å². The van der Waals surface area contributed by atoms with E-state index in [4.69, 9.17) is 0 Å². The lowest BCUT2D eigenvalue weighted by molar-refractivity contribution is -0.144. The third kappa shape index (κ3) is 3.98. The molecule has 0 aromatic rings. The Bertz CT molecular complexity index is 384. The molecule has 2 heterocycles. The van der Waals surface area contributed by atoms with Crippen molar-refractivity contribution < 1.29 is 9.59 Å². The second-order valence-corrected chi connectivity index (χ2v) is 7.47. The maximum atomic E-state index is 12.8. The zero-order valence-electron chi connectivity index (χ0n) is 14.0. The van der Waals surface area contributed by atoms with Crippen LogP contribution in [0, 0.1) is 23.7 Å². The van der Waals surface area contributed by atoms with E-state index in [-0.39, 0.29) is 23.7 Å². The summed E-state index contributed by atoms with van der Waals surface area (Å²) in [5, 5.41) is 0. The first-order chi connectivity index (χ1) is 9.88. The highest BCUT2D eigenvalue weighted by molar-refractivity contribution is 5.82. The fourth-order valence-electron chi connectivity index (χ4n) is 3.85. The molecule has 2 fully saturated rings. The van der Waals surface area contributed by atoms with Crippen molar-refractivity contribution in [3.8, 4) is 0 Å². The second kappa shape index (κ2) is 6.80. The highest BCUT2D eigenvalue weighted by Crippen LogP contribution is 2.26. The molecule has 0 aromatic heterocycles. The Kier molecular flexibility index (Phi) is 5.28. The molecule has 2 rings (SSSR count). The highest BCUT2D eigenvalue weighted by atomic mass is 16.2. The molecular weight excluding hydrogens is 264 g/mol. The summed E-state index contributed by atoms with van der Waals surface area (Å²) in [5.41, 5.74) is 0. The van der Waals surface area contributed by atoms with Crippen LogP contribution in [0.1, 0.15) is 47.0 Å². The Morgan fingerprint density at radius 2 is 1.62 bits per heavy atom. The minimum atomic E-state index is 0.0129. The van der Waals surface area contributed by atoms with Crippen LogP contribution in [0.4, 0.5) is 0 Å². The van der Waals surface area contributed by atoms with E-state index >= 15 is 0 Å². The molecule has 0 aliphatic carbocycles. The molecule has 120 valence electrons. The number of carbonyl (C=O) groups is 2. The first kappa shape index (κ1) is 16.3. The predicted octanol–water partition coefficient (Wildman–Crippen LogP) is 2.39. The number of piperidine rings is 2. The Morgan fingerprint density at radius 3 is 2.19 bits per heavy atom. The maximum Gasteiger partial charge on any atom is 0.227 e. The molecule has 4 nitrogen and oxygen atoms in total. The van der Waals surface area contributed by atoms with E-state index in [0.29, 0.717) is 18.4 Å². The molecule has 0 radical (unpaired) electrons. The van der Waals surface area contributed by atoms with Crippen molar-refractivity contribution >= 4 is 11.8 Å². The van der Waals surface area contributed by atoms with Crippen LogP contribution in [0.2, 0.25) is 0 Å². The molecule has 0 unspecified atom stereocenters. The Labute approximate surface area is 128 Å². The zero-order valence-corrected chi connectivity index (χ0v) is 14.0. The van der Waals surface area contributed by atoms with E-state index in [1.807, 2.05) is 23.6 Å². The van der Waals surface area contributed by atoms with Crippen LogP contribution < -0.4 is 0 Å². The summed E-state index contributed by atoms with van der Waals surface area (Å²) in [6, 6.07) is 0. The van der Waals surface area contributed by atoms with Gasteiger partial charge in [-0.05, 0) is 31.1 Å². The molecule has 2 aliphatic rings. The van der Waals surface area contributed by atoms with Gasteiger partial charge in [-0.3, -0.25) is 9.59 Å². The number of rotatable bonds is 2. The largest absolute Gasteiger partial charge is 0.342 e. The molecule has 2 saturated heterocycles. The van der Waals surface area contributed by atoms with Crippen LogP contribution in [0.25, 0.3) is 0 Å². The van der Waals surface area contributed by atoms with Gasteiger partial charge in [0.05, 0.1) is 5.92 Å². The van der Waals surface area contributed by atoms with Crippen molar-refractivity contribution in [2.45, 2.75) is 47.0 Å². The third-order valence-corrected chi connectivity index (χ3v) is 4.76. The topological polar surface area (TPSA) is 40.6 Å². The Hall–Kier alpha value is -1.06. The van der Waals surface area contributed by atoms with Gasteiger partial charge in [0.1, 0.15) is 0 Å². The minimum absolute atomic E-state index is 0.0129. The van der Waals surface area contributed by atoms with Crippen molar-refractivity contribution in [1.82, 2.24) is 9.80 Å². The SMILES string of the molecule is CC(C)C(=O)N1CCC[C@H](C(=O)N2C[C@H](C)C[C@@H](C)C2)C1. The van der Waals surface area contributed by atoms with E-state index in [1.165, 1.54) is 6.42 Å². The fourth-order valence-corrected chi connectivity index (χ4v) is 3.85. The van der Waals surface area contributed by atoms with E-state index in [2.05, 4.69) is 13.8 Å². The number of hydrogen-bond donors (Lipinski definition) is 0. The van der Waals surface area contributed by atoms with Gasteiger partial charge in [-0.25, -0.2) is 0 Å². The highest BCUT2D eigenvalue weighted by Gasteiger charge is 2.34. The number of hydrogen-bond acceptors (Lipinski definition) is 2. The Morgan fingerprint density at radius 1 is 1.00 bits per heavy atom. The molecule has 4 heteroatoms. The van der Waals surface area contributed by atoms with Crippen LogP contribution in [0.5, 0.6) is 0 Å². The van der Waals surface area contributed by atoms with Crippen LogP contribution >= 0.6 is 0 Å². The van der Waals surface area contributed by atoms with Crippen molar-refractivity contribution in [3.63, 3.8) is 0 Å². The predicted molar refractivity (Wildman–Crippen MR) is 83.7 cm³/mol. The summed E-state index contributed by atoms with van der Waals surface area (Å²) in [7, 11) is 0. The summed E-state index contributed by atoms with van der Waals surface area (Å²) in [4.78, 5) is 28.9. The van der Waals surface area contributed by atoms with Crippen LogP contribution in [0.3, 0.4) is 0 Å². The monoisotopic (exact) mass is 294 g/mol. The van der Waals surface area contributed by atoms with Gasteiger partial charge in [0.25, 0.3) is 0 Å². The molecular formula is C17H30N2O2. The van der Waals surface area contributed by atoms with Crippen molar-refractivity contribution in [1.29, 1.82) is 0 Å². The van der Waals surface area contributed by atoms with Crippen molar-refractivity contribution in [3.05, 3.63) is 0 Å². The number of likely N-dealkylation sites (tertiary alicyclic amines) is 2. The molecule has 0 spiro atoms. The van der Waals surface area contributed by atoms with Crippen LogP contribution in [0.15, 0.2) is 0 Å². The number of carbonyl (C=O) groups excluding carboxylic acids is 2. The van der Waals surface area contributed by atoms with Crippen molar-refractivity contribution in [2.24, 2.45) is 23.7 Å². The molecule has 21 heavy (non-hydrogen) atoms. The third-order valence-electron chi connectivity index (χ3n) is 4.76.